The fraction of sp³-hybridized carbons (Fsp3) is 0.235. The van der Waals surface area contributed by atoms with E-state index < -0.39 is 6.10 Å². The lowest BCUT2D eigenvalue weighted by atomic mass is 10.1. The number of rotatable bonds is 4. The molecule has 2 rings (SSSR count). The fourth-order valence-corrected chi connectivity index (χ4v) is 1.98. The molecule has 0 aromatic heterocycles. The zero-order chi connectivity index (χ0) is 16.1. The van der Waals surface area contributed by atoms with Crippen LogP contribution in [0.25, 0.3) is 0 Å². The molecule has 0 bridgehead atoms. The van der Waals surface area contributed by atoms with Crippen molar-refractivity contribution in [2.24, 2.45) is 10.7 Å². The molecule has 23 heavy (non-hydrogen) atoms. The van der Waals surface area contributed by atoms with Crippen LogP contribution in [-0.2, 0) is 0 Å². The Morgan fingerprint density at radius 2 is 1.83 bits per heavy atom. The van der Waals surface area contributed by atoms with Gasteiger partial charge in [0.1, 0.15) is 5.82 Å². The van der Waals surface area contributed by atoms with Crippen molar-refractivity contribution in [3.8, 4) is 0 Å². The molecular formula is C17H21FIN3O. The Hall–Kier alpha value is -1.67. The molecule has 0 saturated carbocycles. The molecule has 0 heterocycles. The van der Waals surface area contributed by atoms with Crippen LogP contribution >= 0.6 is 24.0 Å². The van der Waals surface area contributed by atoms with Gasteiger partial charge in [-0.25, -0.2) is 4.39 Å². The Labute approximate surface area is 152 Å². The van der Waals surface area contributed by atoms with Crippen molar-refractivity contribution in [2.45, 2.75) is 20.0 Å². The first-order valence-electron chi connectivity index (χ1n) is 7.03. The van der Waals surface area contributed by atoms with Crippen LogP contribution in [0.5, 0.6) is 0 Å². The summed E-state index contributed by atoms with van der Waals surface area (Å²) in [5.74, 6) is -0.111. The van der Waals surface area contributed by atoms with E-state index in [-0.39, 0.29) is 42.3 Å². The van der Waals surface area contributed by atoms with Gasteiger partial charge in [-0.1, -0.05) is 18.2 Å². The van der Waals surface area contributed by atoms with Gasteiger partial charge in [-0.15, -0.1) is 24.0 Å². The van der Waals surface area contributed by atoms with Gasteiger partial charge < -0.3 is 16.2 Å². The molecule has 124 valence electrons. The van der Waals surface area contributed by atoms with Crippen LogP contribution in [0, 0.1) is 19.7 Å². The highest BCUT2D eigenvalue weighted by Crippen LogP contribution is 2.15. The topological polar surface area (TPSA) is 70.6 Å². The van der Waals surface area contributed by atoms with E-state index in [1.54, 1.807) is 0 Å². The summed E-state index contributed by atoms with van der Waals surface area (Å²) in [6, 6.07) is 11.6. The minimum Gasteiger partial charge on any atom is -0.386 e. The number of hydrogen-bond donors (Lipinski definition) is 3. The number of guanidine groups is 1. The number of hydrogen-bond acceptors (Lipinski definition) is 2. The lowest BCUT2D eigenvalue weighted by molar-refractivity contribution is 0.187. The van der Waals surface area contributed by atoms with Gasteiger partial charge in [0.2, 0.25) is 0 Å². The quantitative estimate of drug-likeness (QED) is 0.396. The average molecular weight is 429 g/mol. The molecule has 1 unspecified atom stereocenters. The molecule has 0 aliphatic rings. The maximum Gasteiger partial charge on any atom is 0.193 e. The molecular weight excluding hydrogens is 408 g/mol. The molecule has 0 fully saturated rings. The van der Waals surface area contributed by atoms with E-state index in [0.717, 1.165) is 11.3 Å². The van der Waals surface area contributed by atoms with E-state index in [1.807, 2.05) is 32.0 Å². The van der Waals surface area contributed by atoms with Gasteiger partial charge >= 0.3 is 0 Å². The van der Waals surface area contributed by atoms with Gasteiger partial charge in [0, 0.05) is 5.69 Å². The van der Waals surface area contributed by atoms with Crippen LogP contribution in [0.4, 0.5) is 10.1 Å². The van der Waals surface area contributed by atoms with E-state index in [1.165, 1.54) is 29.8 Å². The molecule has 0 aliphatic heterocycles. The highest BCUT2D eigenvalue weighted by atomic mass is 127. The number of halogens is 2. The van der Waals surface area contributed by atoms with Crippen molar-refractivity contribution in [1.82, 2.24) is 0 Å². The summed E-state index contributed by atoms with van der Waals surface area (Å²) in [6.45, 7) is 4.16. The maximum absolute atomic E-state index is 12.8. The Kier molecular flexibility index (Phi) is 7.44. The summed E-state index contributed by atoms with van der Waals surface area (Å²) in [7, 11) is 0. The van der Waals surface area contributed by atoms with Crippen LogP contribution in [0.2, 0.25) is 0 Å². The number of nitrogens with one attached hydrogen (secondary N) is 1. The third kappa shape index (κ3) is 5.80. The van der Waals surface area contributed by atoms with E-state index in [0.29, 0.717) is 5.56 Å². The number of nitrogens with zero attached hydrogens (tertiary/aromatic N) is 1. The van der Waals surface area contributed by atoms with Crippen LogP contribution < -0.4 is 11.1 Å². The first kappa shape index (κ1) is 19.4. The summed E-state index contributed by atoms with van der Waals surface area (Å²) < 4.78 is 12.8. The van der Waals surface area contributed by atoms with Gasteiger partial charge in [-0.2, -0.15) is 0 Å². The molecule has 0 saturated heterocycles. The molecule has 1 atom stereocenters. The first-order chi connectivity index (χ1) is 10.5. The van der Waals surface area contributed by atoms with E-state index in [9.17, 15) is 9.50 Å². The van der Waals surface area contributed by atoms with Gasteiger partial charge in [-0.05, 0) is 54.8 Å². The van der Waals surface area contributed by atoms with Gasteiger partial charge in [-0.3, -0.25) is 4.99 Å². The van der Waals surface area contributed by atoms with E-state index in [2.05, 4.69) is 10.3 Å². The summed E-state index contributed by atoms with van der Waals surface area (Å²) in [5.41, 5.74) is 9.62. The predicted octanol–water partition coefficient (Wildman–Crippen LogP) is 3.52. The van der Waals surface area contributed by atoms with Crippen molar-refractivity contribution in [2.75, 3.05) is 11.9 Å². The fourth-order valence-electron chi connectivity index (χ4n) is 1.98. The highest BCUT2D eigenvalue weighted by molar-refractivity contribution is 14.0. The summed E-state index contributed by atoms with van der Waals surface area (Å²) in [4.78, 5) is 4.11. The average Bonchev–Trinajstić information content (AvgIpc) is 2.49. The number of anilines is 1. The zero-order valence-electron chi connectivity index (χ0n) is 13.1. The molecule has 2 aromatic carbocycles. The largest absolute Gasteiger partial charge is 0.386 e. The molecule has 4 nitrogen and oxygen atoms in total. The van der Waals surface area contributed by atoms with Crippen molar-refractivity contribution in [3.63, 3.8) is 0 Å². The Morgan fingerprint density at radius 1 is 1.17 bits per heavy atom. The molecule has 4 N–H and O–H groups in total. The number of aryl methyl sites for hydroxylation is 2. The summed E-state index contributed by atoms with van der Waals surface area (Å²) in [6.07, 6.45) is -0.819. The minimum atomic E-state index is -0.819. The molecule has 0 aliphatic carbocycles. The third-order valence-electron chi connectivity index (χ3n) is 3.47. The van der Waals surface area contributed by atoms with Gasteiger partial charge in [0.25, 0.3) is 0 Å². The van der Waals surface area contributed by atoms with Crippen LogP contribution in [0.15, 0.2) is 47.5 Å². The number of aliphatic hydroxyl groups excluding tert-OH is 1. The monoisotopic (exact) mass is 429 g/mol. The second kappa shape index (κ2) is 8.83. The van der Waals surface area contributed by atoms with Crippen molar-refractivity contribution < 1.29 is 9.50 Å². The second-order valence-corrected chi connectivity index (χ2v) is 5.22. The lowest BCUT2D eigenvalue weighted by Crippen LogP contribution is -2.23. The van der Waals surface area contributed by atoms with E-state index >= 15 is 0 Å². The minimum absolute atomic E-state index is 0. The van der Waals surface area contributed by atoms with Crippen LogP contribution in [0.3, 0.4) is 0 Å². The molecule has 0 spiro atoms. The highest BCUT2D eigenvalue weighted by Gasteiger charge is 2.07. The Balaban J connectivity index is 0.00000264. The third-order valence-corrected chi connectivity index (χ3v) is 3.47. The molecule has 0 amide bonds. The lowest BCUT2D eigenvalue weighted by Gasteiger charge is -2.10. The van der Waals surface area contributed by atoms with Gasteiger partial charge in [0.15, 0.2) is 5.96 Å². The maximum atomic E-state index is 12.8. The smallest absolute Gasteiger partial charge is 0.193 e. The summed E-state index contributed by atoms with van der Waals surface area (Å²) >= 11 is 0. The first-order valence-corrected chi connectivity index (χ1v) is 7.03. The number of benzene rings is 2. The summed E-state index contributed by atoms with van der Waals surface area (Å²) in [5, 5.41) is 13.0. The predicted molar refractivity (Wildman–Crippen MR) is 103 cm³/mol. The van der Waals surface area contributed by atoms with Crippen molar-refractivity contribution in [3.05, 3.63) is 65.0 Å². The number of aliphatic hydroxyl groups is 1. The Bertz CT molecular complexity index is 674. The van der Waals surface area contributed by atoms with Crippen LogP contribution in [-0.4, -0.2) is 17.6 Å². The van der Waals surface area contributed by atoms with Crippen LogP contribution in [0.1, 0.15) is 22.8 Å². The van der Waals surface area contributed by atoms with Gasteiger partial charge in [0.05, 0.1) is 12.6 Å². The SMILES string of the molecule is Cc1ccc(NC(N)=NCC(O)c2ccc(F)cc2)cc1C.I. The Morgan fingerprint density at radius 3 is 2.43 bits per heavy atom. The standard InChI is InChI=1S/C17H20FN3O.HI/c1-11-3-8-15(9-12(11)2)21-17(19)20-10-16(22)13-4-6-14(18)7-5-13;/h3-9,16,22H,10H2,1-2H3,(H3,19,20,21);1H. The number of nitrogens with two attached hydrogens (primary N) is 1. The number of aliphatic imine (C=N–C) groups is 1. The van der Waals surface area contributed by atoms with Crippen molar-refractivity contribution in [1.29, 1.82) is 0 Å². The molecule has 6 heteroatoms. The van der Waals surface area contributed by atoms with E-state index in [4.69, 9.17) is 5.73 Å². The normalized spacial score (nSPS) is 12.4. The molecule has 2 aromatic rings. The molecule has 0 radical (unpaired) electrons. The second-order valence-electron chi connectivity index (χ2n) is 5.22. The van der Waals surface area contributed by atoms with Crippen molar-refractivity contribution >= 4 is 35.6 Å². The zero-order valence-corrected chi connectivity index (χ0v) is 15.4.